The normalized spacial score (nSPS) is 10.3. The van der Waals surface area contributed by atoms with Crippen LogP contribution in [0.5, 0.6) is 0 Å². The van der Waals surface area contributed by atoms with E-state index in [1.165, 1.54) is 11.0 Å². The molecule has 5 heteroatoms. The highest BCUT2D eigenvalue weighted by atomic mass is 79.9. The van der Waals surface area contributed by atoms with E-state index in [0.29, 0.717) is 22.4 Å². The van der Waals surface area contributed by atoms with Crippen molar-refractivity contribution in [2.24, 2.45) is 0 Å². The lowest BCUT2D eigenvalue weighted by Crippen LogP contribution is -2.31. The van der Waals surface area contributed by atoms with Crippen molar-refractivity contribution in [2.75, 3.05) is 17.2 Å². The first-order valence-corrected chi connectivity index (χ1v) is 6.95. The standard InChI is InChI=1S/C15H14BrFN2O/c1-2-19(11-8-6-10(18)7-9-11)15(20)14-12(16)4-3-5-13(14)17/h3-9H,2,18H2,1H3. The molecule has 2 aromatic carbocycles. The van der Waals surface area contributed by atoms with Crippen LogP contribution in [0.3, 0.4) is 0 Å². The number of nitrogens with zero attached hydrogens (tertiary/aromatic N) is 1. The maximum atomic E-state index is 13.9. The van der Waals surface area contributed by atoms with E-state index in [-0.39, 0.29) is 11.5 Å². The lowest BCUT2D eigenvalue weighted by molar-refractivity contribution is 0.0983. The molecule has 3 nitrogen and oxygen atoms in total. The smallest absolute Gasteiger partial charge is 0.262 e. The molecule has 0 bridgehead atoms. The predicted octanol–water partition coefficient (Wildman–Crippen LogP) is 3.84. The Morgan fingerprint density at radius 3 is 2.45 bits per heavy atom. The summed E-state index contributed by atoms with van der Waals surface area (Å²) in [6, 6.07) is 11.4. The van der Waals surface area contributed by atoms with Crippen molar-refractivity contribution in [3.63, 3.8) is 0 Å². The lowest BCUT2D eigenvalue weighted by atomic mass is 10.1. The third-order valence-corrected chi connectivity index (χ3v) is 3.60. The van der Waals surface area contributed by atoms with Gasteiger partial charge in [-0.05, 0) is 59.3 Å². The van der Waals surface area contributed by atoms with Gasteiger partial charge in [0.15, 0.2) is 0 Å². The van der Waals surface area contributed by atoms with E-state index in [0.717, 1.165) is 0 Å². The van der Waals surface area contributed by atoms with Gasteiger partial charge in [0, 0.05) is 22.4 Å². The van der Waals surface area contributed by atoms with Gasteiger partial charge >= 0.3 is 0 Å². The summed E-state index contributed by atoms with van der Waals surface area (Å²) in [5.41, 5.74) is 6.96. The molecule has 0 saturated heterocycles. The van der Waals surface area contributed by atoms with Crippen molar-refractivity contribution in [3.05, 3.63) is 58.3 Å². The molecule has 0 spiro atoms. The van der Waals surface area contributed by atoms with Crippen molar-refractivity contribution in [3.8, 4) is 0 Å². The maximum Gasteiger partial charge on any atom is 0.262 e. The molecule has 0 fully saturated rings. The first-order chi connectivity index (χ1) is 9.54. The predicted molar refractivity (Wildman–Crippen MR) is 82.3 cm³/mol. The lowest BCUT2D eigenvalue weighted by Gasteiger charge is -2.22. The molecule has 0 saturated carbocycles. The zero-order valence-electron chi connectivity index (χ0n) is 10.9. The zero-order valence-corrected chi connectivity index (χ0v) is 12.5. The number of nitrogens with two attached hydrogens (primary N) is 1. The molecular formula is C15H14BrFN2O. The van der Waals surface area contributed by atoms with Crippen molar-refractivity contribution >= 4 is 33.2 Å². The van der Waals surface area contributed by atoms with Gasteiger partial charge in [0.05, 0.1) is 5.56 Å². The summed E-state index contributed by atoms with van der Waals surface area (Å²) in [5, 5.41) is 0. The fraction of sp³-hybridized carbons (Fsp3) is 0.133. The van der Waals surface area contributed by atoms with Crippen LogP contribution in [0.15, 0.2) is 46.9 Å². The van der Waals surface area contributed by atoms with E-state index >= 15 is 0 Å². The molecule has 0 heterocycles. The number of rotatable bonds is 3. The summed E-state index contributed by atoms with van der Waals surface area (Å²) < 4.78 is 14.3. The Kier molecular flexibility index (Phi) is 4.39. The van der Waals surface area contributed by atoms with Gasteiger partial charge in [-0.15, -0.1) is 0 Å². The number of hydrogen-bond donors (Lipinski definition) is 1. The Balaban J connectivity index is 2.42. The van der Waals surface area contributed by atoms with E-state index in [4.69, 9.17) is 5.73 Å². The average molecular weight is 337 g/mol. The third-order valence-electron chi connectivity index (χ3n) is 2.94. The molecule has 1 amide bonds. The maximum absolute atomic E-state index is 13.9. The Morgan fingerprint density at radius 2 is 1.90 bits per heavy atom. The van der Waals surface area contributed by atoms with Crippen LogP contribution in [0.4, 0.5) is 15.8 Å². The highest BCUT2D eigenvalue weighted by Gasteiger charge is 2.21. The molecule has 20 heavy (non-hydrogen) atoms. The van der Waals surface area contributed by atoms with Gasteiger partial charge in [0.1, 0.15) is 5.82 Å². The summed E-state index contributed by atoms with van der Waals surface area (Å²) in [7, 11) is 0. The molecule has 104 valence electrons. The number of nitrogen functional groups attached to an aromatic ring is 1. The molecule has 0 atom stereocenters. The van der Waals surface area contributed by atoms with Crippen LogP contribution in [0.1, 0.15) is 17.3 Å². The second-order valence-corrected chi connectivity index (χ2v) is 5.09. The number of carbonyl (C=O) groups is 1. The van der Waals surface area contributed by atoms with Crippen LogP contribution in [0.25, 0.3) is 0 Å². The van der Waals surface area contributed by atoms with E-state index in [9.17, 15) is 9.18 Å². The number of carbonyl (C=O) groups excluding carboxylic acids is 1. The fourth-order valence-corrected chi connectivity index (χ4v) is 2.45. The SMILES string of the molecule is CCN(C(=O)c1c(F)cccc1Br)c1ccc(N)cc1. The molecule has 0 aliphatic carbocycles. The van der Waals surface area contributed by atoms with Crippen LogP contribution >= 0.6 is 15.9 Å². The molecule has 2 aromatic rings. The van der Waals surface area contributed by atoms with E-state index in [1.807, 2.05) is 6.92 Å². The monoisotopic (exact) mass is 336 g/mol. The number of benzene rings is 2. The van der Waals surface area contributed by atoms with Crippen molar-refractivity contribution in [1.82, 2.24) is 0 Å². The molecule has 0 radical (unpaired) electrons. The summed E-state index contributed by atoms with van der Waals surface area (Å²) in [5.74, 6) is -0.930. The molecule has 2 rings (SSSR count). The molecular weight excluding hydrogens is 323 g/mol. The van der Waals surface area contributed by atoms with Gasteiger partial charge in [-0.25, -0.2) is 4.39 Å². The highest BCUT2D eigenvalue weighted by molar-refractivity contribution is 9.10. The molecule has 0 unspecified atom stereocenters. The Labute approximate surface area is 125 Å². The van der Waals surface area contributed by atoms with Crippen molar-refractivity contribution < 1.29 is 9.18 Å². The van der Waals surface area contributed by atoms with E-state index in [2.05, 4.69) is 15.9 Å². The van der Waals surface area contributed by atoms with Crippen LogP contribution in [-0.2, 0) is 0 Å². The highest BCUT2D eigenvalue weighted by Crippen LogP contribution is 2.25. The molecule has 2 N–H and O–H groups in total. The van der Waals surface area contributed by atoms with Crippen molar-refractivity contribution in [2.45, 2.75) is 6.92 Å². The number of hydrogen-bond acceptors (Lipinski definition) is 2. The van der Waals surface area contributed by atoms with Gasteiger partial charge in [-0.2, -0.15) is 0 Å². The zero-order chi connectivity index (χ0) is 14.7. The van der Waals surface area contributed by atoms with Gasteiger partial charge in [0.2, 0.25) is 0 Å². The topological polar surface area (TPSA) is 46.3 Å². The first kappa shape index (κ1) is 14.5. The quantitative estimate of drug-likeness (QED) is 0.865. The summed E-state index contributed by atoms with van der Waals surface area (Å²) in [6.45, 7) is 2.27. The second kappa shape index (κ2) is 6.05. The fourth-order valence-electron chi connectivity index (χ4n) is 1.93. The number of halogens is 2. The van der Waals surface area contributed by atoms with Crippen LogP contribution in [-0.4, -0.2) is 12.5 Å². The minimum absolute atomic E-state index is 0.0335. The second-order valence-electron chi connectivity index (χ2n) is 4.24. The van der Waals surface area contributed by atoms with Gasteiger partial charge in [-0.3, -0.25) is 4.79 Å². The Hall–Kier alpha value is -1.88. The molecule has 0 aliphatic heterocycles. The van der Waals surface area contributed by atoms with Crippen LogP contribution < -0.4 is 10.6 Å². The van der Waals surface area contributed by atoms with Gasteiger partial charge in [-0.1, -0.05) is 6.07 Å². The summed E-state index contributed by atoms with van der Waals surface area (Å²) in [6.07, 6.45) is 0. The largest absolute Gasteiger partial charge is 0.399 e. The number of anilines is 2. The number of amides is 1. The third kappa shape index (κ3) is 2.82. The average Bonchev–Trinajstić information content (AvgIpc) is 2.41. The van der Waals surface area contributed by atoms with Crippen LogP contribution in [0.2, 0.25) is 0 Å². The van der Waals surface area contributed by atoms with Gasteiger partial charge in [0.25, 0.3) is 5.91 Å². The summed E-state index contributed by atoms with van der Waals surface area (Å²) >= 11 is 3.22. The van der Waals surface area contributed by atoms with E-state index in [1.54, 1.807) is 36.4 Å². The molecule has 0 aliphatic rings. The van der Waals surface area contributed by atoms with Crippen LogP contribution in [0, 0.1) is 5.82 Å². The van der Waals surface area contributed by atoms with Crippen molar-refractivity contribution in [1.29, 1.82) is 0 Å². The Bertz CT molecular complexity index is 608. The molecule has 0 aromatic heterocycles. The minimum atomic E-state index is -0.543. The van der Waals surface area contributed by atoms with E-state index < -0.39 is 5.82 Å². The van der Waals surface area contributed by atoms with Gasteiger partial charge < -0.3 is 10.6 Å². The summed E-state index contributed by atoms with van der Waals surface area (Å²) in [4.78, 5) is 14.0. The first-order valence-electron chi connectivity index (χ1n) is 6.16. The minimum Gasteiger partial charge on any atom is -0.399 e. The Morgan fingerprint density at radius 1 is 1.25 bits per heavy atom.